The van der Waals surface area contributed by atoms with Crippen molar-refractivity contribution >= 4 is 0 Å². The van der Waals surface area contributed by atoms with Crippen LogP contribution in [0.1, 0.15) is 30.1 Å². The van der Waals surface area contributed by atoms with Crippen LogP contribution in [-0.2, 0) is 0 Å². The number of imidazole rings is 1. The van der Waals surface area contributed by atoms with Gasteiger partial charge in [-0.25, -0.2) is 9.37 Å². The van der Waals surface area contributed by atoms with Crippen molar-refractivity contribution in [1.29, 1.82) is 0 Å². The average molecular weight is 259 g/mol. The highest BCUT2D eigenvalue weighted by Crippen LogP contribution is 2.25. The summed E-state index contributed by atoms with van der Waals surface area (Å²) in [7, 11) is 0. The van der Waals surface area contributed by atoms with Crippen molar-refractivity contribution in [3.8, 4) is 11.3 Å². The summed E-state index contributed by atoms with van der Waals surface area (Å²) < 4.78 is 13.3. The molecule has 1 unspecified atom stereocenters. The third kappa shape index (κ3) is 2.54. The first-order chi connectivity index (χ1) is 9.24. The summed E-state index contributed by atoms with van der Waals surface area (Å²) in [5, 5.41) is 3.39. The van der Waals surface area contributed by atoms with Gasteiger partial charge in [0.25, 0.3) is 0 Å². The summed E-state index contributed by atoms with van der Waals surface area (Å²) in [5.74, 6) is 1.33. The number of nitrogens with one attached hydrogen (secondary N) is 2. The molecule has 1 saturated heterocycles. The van der Waals surface area contributed by atoms with E-state index in [2.05, 4.69) is 15.3 Å². The number of aryl methyl sites for hydroxylation is 1. The van der Waals surface area contributed by atoms with Crippen molar-refractivity contribution in [2.75, 3.05) is 13.1 Å². The summed E-state index contributed by atoms with van der Waals surface area (Å²) in [5.41, 5.74) is 2.61. The molecule has 2 N–H and O–H groups in total. The van der Waals surface area contributed by atoms with E-state index < -0.39 is 0 Å². The van der Waals surface area contributed by atoms with Crippen LogP contribution in [0.4, 0.5) is 4.39 Å². The van der Waals surface area contributed by atoms with Gasteiger partial charge in [-0.2, -0.15) is 0 Å². The lowest BCUT2D eigenvalue weighted by Crippen LogP contribution is -2.28. The van der Waals surface area contributed by atoms with E-state index in [-0.39, 0.29) is 5.82 Å². The van der Waals surface area contributed by atoms with Crippen molar-refractivity contribution < 1.29 is 4.39 Å². The fourth-order valence-corrected chi connectivity index (χ4v) is 2.59. The number of hydrogen-bond acceptors (Lipinski definition) is 2. The fourth-order valence-electron chi connectivity index (χ4n) is 2.59. The van der Waals surface area contributed by atoms with E-state index in [1.54, 1.807) is 13.0 Å². The zero-order valence-electron chi connectivity index (χ0n) is 11.0. The number of nitrogens with zero attached hydrogens (tertiary/aromatic N) is 1. The van der Waals surface area contributed by atoms with E-state index in [0.29, 0.717) is 11.5 Å². The second-order valence-electron chi connectivity index (χ2n) is 5.19. The molecule has 0 radical (unpaired) electrons. The normalized spacial score (nSPS) is 19.6. The van der Waals surface area contributed by atoms with Crippen molar-refractivity contribution in [1.82, 2.24) is 15.3 Å². The van der Waals surface area contributed by atoms with Gasteiger partial charge in [0.15, 0.2) is 0 Å². The van der Waals surface area contributed by atoms with Gasteiger partial charge in [-0.1, -0.05) is 0 Å². The lowest BCUT2D eigenvalue weighted by molar-refractivity contribution is 0.449. The Hall–Kier alpha value is -1.68. The Morgan fingerprint density at radius 1 is 1.37 bits per heavy atom. The molecule has 1 aromatic carbocycles. The Bertz CT molecular complexity index is 571. The maximum atomic E-state index is 13.3. The Labute approximate surface area is 112 Å². The Balaban J connectivity index is 1.85. The number of piperidine rings is 1. The molecule has 1 fully saturated rings. The zero-order chi connectivity index (χ0) is 13.2. The molecule has 1 atom stereocenters. The highest BCUT2D eigenvalue weighted by atomic mass is 19.1. The lowest BCUT2D eigenvalue weighted by atomic mass is 9.99. The third-order valence-electron chi connectivity index (χ3n) is 3.75. The molecule has 0 aliphatic carbocycles. The van der Waals surface area contributed by atoms with E-state index in [9.17, 15) is 4.39 Å². The van der Waals surface area contributed by atoms with E-state index in [0.717, 1.165) is 30.2 Å². The number of rotatable bonds is 2. The summed E-state index contributed by atoms with van der Waals surface area (Å²) in [6, 6.07) is 5.15. The molecular weight excluding hydrogens is 241 g/mol. The third-order valence-corrected chi connectivity index (χ3v) is 3.75. The summed E-state index contributed by atoms with van der Waals surface area (Å²) in [6.45, 7) is 3.86. The molecule has 4 heteroatoms. The van der Waals surface area contributed by atoms with Crippen LogP contribution < -0.4 is 5.32 Å². The number of halogens is 1. The molecule has 2 heterocycles. The van der Waals surface area contributed by atoms with Crippen LogP contribution in [0.2, 0.25) is 0 Å². The van der Waals surface area contributed by atoms with Gasteiger partial charge in [-0.3, -0.25) is 0 Å². The van der Waals surface area contributed by atoms with Gasteiger partial charge in [0.2, 0.25) is 0 Å². The minimum Gasteiger partial charge on any atom is -0.342 e. The van der Waals surface area contributed by atoms with Crippen LogP contribution in [0.3, 0.4) is 0 Å². The maximum absolute atomic E-state index is 13.3. The quantitative estimate of drug-likeness (QED) is 0.870. The molecule has 0 amide bonds. The van der Waals surface area contributed by atoms with Gasteiger partial charge in [-0.05, 0) is 50.1 Å². The van der Waals surface area contributed by atoms with Crippen molar-refractivity contribution in [3.63, 3.8) is 0 Å². The van der Waals surface area contributed by atoms with Crippen molar-refractivity contribution in [2.45, 2.75) is 25.7 Å². The predicted molar refractivity (Wildman–Crippen MR) is 73.6 cm³/mol. The van der Waals surface area contributed by atoms with Crippen LogP contribution >= 0.6 is 0 Å². The molecule has 0 saturated carbocycles. The van der Waals surface area contributed by atoms with Crippen molar-refractivity contribution in [2.24, 2.45) is 0 Å². The SMILES string of the molecule is Cc1cc(-c2cnc(C3CCCNC3)[nH]2)ccc1F. The lowest BCUT2D eigenvalue weighted by Gasteiger charge is -2.20. The second-order valence-corrected chi connectivity index (χ2v) is 5.19. The van der Waals surface area contributed by atoms with Gasteiger partial charge in [-0.15, -0.1) is 0 Å². The Morgan fingerprint density at radius 3 is 3.00 bits per heavy atom. The van der Waals surface area contributed by atoms with Gasteiger partial charge in [0.1, 0.15) is 11.6 Å². The molecule has 1 aliphatic heterocycles. The number of benzene rings is 1. The molecule has 1 aromatic heterocycles. The zero-order valence-corrected chi connectivity index (χ0v) is 11.0. The van der Waals surface area contributed by atoms with Crippen molar-refractivity contribution in [3.05, 3.63) is 41.6 Å². The Morgan fingerprint density at radius 2 is 2.26 bits per heavy atom. The van der Waals surface area contributed by atoms with Gasteiger partial charge < -0.3 is 10.3 Å². The summed E-state index contributed by atoms with van der Waals surface area (Å²) >= 11 is 0. The van der Waals surface area contributed by atoms with Crippen LogP contribution in [0.15, 0.2) is 24.4 Å². The van der Waals surface area contributed by atoms with E-state index >= 15 is 0 Å². The molecule has 100 valence electrons. The molecule has 0 bridgehead atoms. The van der Waals surface area contributed by atoms with Crippen LogP contribution in [0, 0.1) is 12.7 Å². The van der Waals surface area contributed by atoms with Crippen LogP contribution in [0.5, 0.6) is 0 Å². The topological polar surface area (TPSA) is 40.7 Å². The van der Waals surface area contributed by atoms with Gasteiger partial charge >= 0.3 is 0 Å². The van der Waals surface area contributed by atoms with E-state index in [1.165, 1.54) is 18.9 Å². The fraction of sp³-hybridized carbons (Fsp3) is 0.400. The molecular formula is C15H18FN3. The highest BCUT2D eigenvalue weighted by Gasteiger charge is 2.18. The molecule has 2 aromatic rings. The largest absolute Gasteiger partial charge is 0.342 e. The highest BCUT2D eigenvalue weighted by molar-refractivity contribution is 5.59. The molecule has 0 spiro atoms. The monoisotopic (exact) mass is 259 g/mol. The standard InChI is InChI=1S/C15H18FN3/c1-10-7-11(4-5-13(10)16)14-9-18-15(19-14)12-3-2-6-17-8-12/h4-5,7,9,12,17H,2-3,6,8H2,1H3,(H,18,19). The predicted octanol–water partition coefficient (Wildman–Crippen LogP) is 2.99. The molecule has 19 heavy (non-hydrogen) atoms. The molecule has 3 nitrogen and oxygen atoms in total. The van der Waals surface area contributed by atoms with Crippen LogP contribution in [0.25, 0.3) is 11.3 Å². The van der Waals surface area contributed by atoms with E-state index in [4.69, 9.17) is 0 Å². The average Bonchev–Trinajstić information content (AvgIpc) is 2.93. The Kier molecular flexibility index (Phi) is 3.34. The molecule has 1 aliphatic rings. The summed E-state index contributed by atoms with van der Waals surface area (Å²) in [6.07, 6.45) is 4.20. The minimum atomic E-state index is -0.167. The maximum Gasteiger partial charge on any atom is 0.126 e. The minimum absolute atomic E-state index is 0.167. The number of aromatic amines is 1. The first-order valence-electron chi connectivity index (χ1n) is 6.76. The number of H-pyrrole nitrogens is 1. The first-order valence-corrected chi connectivity index (χ1v) is 6.76. The van der Waals surface area contributed by atoms with Crippen LogP contribution in [-0.4, -0.2) is 23.1 Å². The smallest absolute Gasteiger partial charge is 0.126 e. The number of aromatic nitrogens is 2. The number of hydrogen-bond donors (Lipinski definition) is 2. The van der Waals surface area contributed by atoms with E-state index in [1.807, 2.05) is 12.3 Å². The summed E-state index contributed by atoms with van der Waals surface area (Å²) in [4.78, 5) is 7.85. The van der Waals surface area contributed by atoms with Gasteiger partial charge in [0, 0.05) is 18.0 Å². The molecule has 3 rings (SSSR count). The second kappa shape index (κ2) is 5.13. The first kappa shape index (κ1) is 12.4. The van der Waals surface area contributed by atoms with Gasteiger partial charge in [0.05, 0.1) is 11.9 Å².